The predicted octanol–water partition coefficient (Wildman–Crippen LogP) is 1.39. The lowest BCUT2D eigenvalue weighted by molar-refractivity contribution is 0.473. The van der Waals surface area contributed by atoms with E-state index < -0.39 is 36.5 Å². The van der Waals surface area contributed by atoms with Crippen LogP contribution in [-0.2, 0) is 20.1 Å². The molecule has 0 fully saturated rings. The standard InChI is InChI=1S/C16H14N2O7S2/c17-15-14(27(23,24)25)6-9-5-8(1-3-12(9)16(15)20)11-4-2-10(7-13(11)19)26(18,21)22/h1-7,19-20H,17H2,(H2,18,21,22)(H,23,24,25). The van der Waals surface area contributed by atoms with Crippen LogP contribution in [0.25, 0.3) is 21.9 Å². The average Bonchev–Trinajstić information content (AvgIpc) is 2.55. The number of sulfonamides is 1. The molecule has 9 nitrogen and oxygen atoms in total. The first-order valence-corrected chi connectivity index (χ1v) is 10.3. The van der Waals surface area contributed by atoms with Gasteiger partial charge in [0, 0.05) is 17.0 Å². The van der Waals surface area contributed by atoms with E-state index in [-0.39, 0.29) is 27.0 Å². The quantitative estimate of drug-likeness (QED) is 0.244. The summed E-state index contributed by atoms with van der Waals surface area (Å²) in [6, 6.07) is 9.00. The molecule has 0 bridgehead atoms. The molecule has 0 atom stereocenters. The van der Waals surface area contributed by atoms with E-state index >= 15 is 0 Å². The minimum atomic E-state index is -4.67. The Hall–Kier alpha value is -2.86. The van der Waals surface area contributed by atoms with Gasteiger partial charge >= 0.3 is 0 Å². The summed E-state index contributed by atoms with van der Waals surface area (Å²) in [7, 11) is -8.66. The topological polar surface area (TPSA) is 181 Å². The van der Waals surface area contributed by atoms with Gasteiger partial charge in [-0.1, -0.05) is 6.07 Å². The van der Waals surface area contributed by atoms with E-state index in [0.717, 1.165) is 12.1 Å². The average molecular weight is 410 g/mol. The number of anilines is 1. The lowest BCUT2D eigenvalue weighted by Gasteiger charge is -2.11. The Bertz CT molecular complexity index is 1300. The van der Waals surface area contributed by atoms with Crippen LogP contribution in [0, 0.1) is 0 Å². The van der Waals surface area contributed by atoms with Gasteiger partial charge in [-0.05, 0) is 41.3 Å². The van der Waals surface area contributed by atoms with E-state index in [1.165, 1.54) is 30.3 Å². The zero-order chi connectivity index (χ0) is 20.1. The molecule has 0 aliphatic rings. The van der Waals surface area contributed by atoms with E-state index in [0.29, 0.717) is 5.56 Å². The van der Waals surface area contributed by atoms with Crippen molar-refractivity contribution < 1.29 is 31.6 Å². The van der Waals surface area contributed by atoms with Gasteiger partial charge in [-0.2, -0.15) is 8.42 Å². The first kappa shape index (κ1) is 18.9. The van der Waals surface area contributed by atoms with Crippen LogP contribution in [-0.4, -0.2) is 31.6 Å². The molecule has 0 amide bonds. The number of nitrogens with two attached hydrogens (primary N) is 2. The van der Waals surface area contributed by atoms with Crippen LogP contribution in [0.1, 0.15) is 0 Å². The minimum absolute atomic E-state index is 0.224. The second-order valence-corrected chi connectivity index (χ2v) is 8.72. The Balaban J connectivity index is 2.25. The second kappa shape index (κ2) is 6.09. The molecule has 0 unspecified atom stereocenters. The fourth-order valence-electron chi connectivity index (χ4n) is 2.69. The molecule has 0 heterocycles. The van der Waals surface area contributed by atoms with Crippen LogP contribution in [0.5, 0.6) is 11.5 Å². The first-order valence-electron chi connectivity index (χ1n) is 7.28. The third-order valence-electron chi connectivity index (χ3n) is 4.00. The van der Waals surface area contributed by atoms with E-state index in [1.54, 1.807) is 0 Å². The fourth-order valence-corrected chi connectivity index (χ4v) is 3.88. The van der Waals surface area contributed by atoms with Gasteiger partial charge in [0.05, 0.1) is 10.6 Å². The SMILES string of the molecule is Nc1c(S(=O)(=O)O)cc2cc(-c3ccc(S(N)(=O)=O)cc3O)ccc2c1O. The largest absolute Gasteiger partial charge is 0.507 e. The molecule has 0 aliphatic carbocycles. The molecule has 142 valence electrons. The number of primary sulfonamides is 1. The molecule has 0 spiro atoms. The Morgan fingerprint density at radius 2 is 1.56 bits per heavy atom. The summed E-state index contributed by atoms with van der Waals surface area (Å²) in [5.74, 6) is -0.879. The van der Waals surface area contributed by atoms with Crippen LogP contribution in [0.4, 0.5) is 5.69 Å². The predicted molar refractivity (Wildman–Crippen MR) is 98.3 cm³/mol. The number of rotatable bonds is 3. The highest BCUT2D eigenvalue weighted by molar-refractivity contribution is 7.89. The second-order valence-electron chi connectivity index (χ2n) is 5.77. The number of fused-ring (bicyclic) bond motifs is 1. The van der Waals surface area contributed by atoms with Gasteiger partial charge in [0.2, 0.25) is 10.0 Å². The molecule has 0 aromatic heterocycles. The van der Waals surface area contributed by atoms with Crippen molar-refractivity contribution in [1.82, 2.24) is 0 Å². The first-order chi connectivity index (χ1) is 12.4. The van der Waals surface area contributed by atoms with Gasteiger partial charge in [-0.25, -0.2) is 13.6 Å². The molecule has 3 aromatic carbocycles. The Kier molecular flexibility index (Phi) is 4.27. The van der Waals surface area contributed by atoms with Gasteiger partial charge < -0.3 is 15.9 Å². The summed E-state index contributed by atoms with van der Waals surface area (Å²) < 4.78 is 54.9. The number of nitrogen functional groups attached to an aromatic ring is 1. The van der Waals surface area contributed by atoms with Crippen LogP contribution in [0.3, 0.4) is 0 Å². The maximum Gasteiger partial charge on any atom is 0.296 e. The maximum absolute atomic E-state index is 11.4. The van der Waals surface area contributed by atoms with Crippen molar-refractivity contribution in [3.63, 3.8) is 0 Å². The highest BCUT2D eigenvalue weighted by Crippen LogP contribution is 2.39. The molecular weight excluding hydrogens is 396 g/mol. The maximum atomic E-state index is 11.4. The van der Waals surface area contributed by atoms with Crippen LogP contribution in [0.2, 0.25) is 0 Å². The molecule has 3 rings (SSSR count). The summed E-state index contributed by atoms with van der Waals surface area (Å²) >= 11 is 0. The molecule has 0 radical (unpaired) electrons. The number of phenols is 2. The van der Waals surface area contributed by atoms with Crippen LogP contribution in [0.15, 0.2) is 52.3 Å². The monoisotopic (exact) mass is 410 g/mol. The normalized spacial score (nSPS) is 12.4. The Morgan fingerprint density at radius 1 is 0.889 bits per heavy atom. The van der Waals surface area contributed by atoms with Crippen molar-refractivity contribution >= 4 is 36.6 Å². The van der Waals surface area contributed by atoms with E-state index in [9.17, 15) is 31.6 Å². The summed E-state index contributed by atoms with van der Waals surface area (Å²) in [4.78, 5) is -0.929. The minimum Gasteiger partial charge on any atom is -0.507 e. The number of benzene rings is 3. The lowest BCUT2D eigenvalue weighted by Crippen LogP contribution is -2.11. The number of hydrogen-bond acceptors (Lipinski definition) is 7. The van der Waals surface area contributed by atoms with E-state index in [4.69, 9.17) is 10.9 Å². The third kappa shape index (κ3) is 3.40. The van der Waals surface area contributed by atoms with Crippen molar-refractivity contribution in [2.75, 3.05) is 5.73 Å². The summed E-state index contributed by atoms with van der Waals surface area (Å²) in [6.07, 6.45) is 0. The highest BCUT2D eigenvalue weighted by Gasteiger charge is 2.20. The number of hydrogen-bond donors (Lipinski definition) is 5. The fraction of sp³-hybridized carbons (Fsp3) is 0. The van der Waals surface area contributed by atoms with E-state index in [1.807, 2.05) is 0 Å². The molecule has 0 saturated heterocycles. The zero-order valence-corrected chi connectivity index (χ0v) is 15.1. The molecular formula is C16H14N2O7S2. The molecule has 11 heteroatoms. The van der Waals surface area contributed by atoms with Crippen molar-refractivity contribution in [1.29, 1.82) is 0 Å². The molecule has 27 heavy (non-hydrogen) atoms. The zero-order valence-electron chi connectivity index (χ0n) is 13.5. The van der Waals surface area contributed by atoms with Crippen LogP contribution < -0.4 is 10.9 Å². The summed E-state index contributed by atoms with van der Waals surface area (Å²) in [5.41, 5.74) is 5.72. The van der Waals surface area contributed by atoms with Crippen molar-refractivity contribution in [3.8, 4) is 22.6 Å². The van der Waals surface area contributed by atoms with Crippen molar-refractivity contribution in [2.24, 2.45) is 5.14 Å². The van der Waals surface area contributed by atoms with Crippen molar-refractivity contribution in [2.45, 2.75) is 9.79 Å². The summed E-state index contributed by atoms with van der Waals surface area (Å²) in [6.45, 7) is 0. The molecule has 7 N–H and O–H groups in total. The molecule has 3 aromatic rings. The van der Waals surface area contributed by atoms with Gasteiger partial charge in [-0.15, -0.1) is 0 Å². The van der Waals surface area contributed by atoms with Gasteiger partial charge in [-0.3, -0.25) is 4.55 Å². The third-order valence-corrected chi connectivity index (χ3v) is 5.81. The molecule has 0 saturated carbocycles. The lowest BCUT2D eigenvalue weighted by atomic mass is 9.99. The Morgan fingerprint density at radius 3 is 2.11 bits per heavy atom. The summed E-state index contributed by atoms with van der Waals surface area (Å²) in [5, 5.41) is 25.7. The molecule has 0 aliphatic heterocycles. The van der Waals surface area contributed by atoms with E-state index in [2.05, 4.69) is 0 Å². The Labute approximate surface area is 154 Å². The van der Waals surface area contributed by atoms with Gasteiger partial charge in [0.25, 0.3) is 10.1 Å². The van der Waals surface area contributed by atoms with Gasteiger partial charge in [0.15, 0.2) is 0 Å². The number of phenolic OH excluding ortho intramolecular Hbond substituents is 2. The van der Waals surface area contributed by atoms with Gasteiger partial charge in [0.1, 0.15) is 16.4 Å². The smallest absolute Gasteiger partial charge is 0.296 e. The highest BCUT2D eigenvalue weighted by atomic mass is 32.2. The number of aromatic hydroxyl groups is 2. The van der Waals surface area contributed by atoms with Crippen LogP contribution >= 0.6 is 0 Å². The van der Waals surface area contributed by atoms with Crippen molar-refractivity contribution in [3.05, 3.63) is 42.5 Å².